The summed E-state index contributed by atoms with van der Waals surface area (Å²) in [6.45, 7) is 3.19. The maximum Gasteiger partial charge on any atom is 0.278 e. The minimum atomic E-state index is -1.28. The van der Waals surface area contributed by atoms with Crippen molar-refractivity contribution in [2.75, 3.05) is 12.4 Å². The second kappa shape index (κ2) is 6.42. The number of nitrogens with zero attached hydrogens (tertiary/aromatic N) is 3. The van der Waals surface area contributed by atoms with Gasteiger partial charge in [-0.3, -0.25) is 9.36 Å². The Morgan fingerprint density at radius 1 is 1.48 bits per heavy atom. The van der Waals surface area contributed by atoms with Crippen molar-refractivity contribution in [3.05, 3.63) is 29.3 Å². The van der Waals surface area contributed by atoms with Crippen molar-refractivity contribution in [1.29, 1.82) is 0 Å². The third-order valence-corrected chi connectivity index (χ3v) is 4.50. The number of aromatic nitrogens is 4. The number of ether oxygens (including phenoxy) is 1. The first kappa shape index (κ1) is 16.1. The van der Waals surface area contributed by atoms with E-state index in [2.05, 4.69) is 21.5 Å². The van der Waals surface area contributed by atoms with E-state index in [0.717, 1.165) is 0 Å². The van der Waals surface area contributed by atoms with E-state index in [1.165, 1.54) is 22.7 Å². The monoisotopic (exact) mass is 340 g/mol. The second-order valence-corrected chi connectivity index (χ2v) is 5.98. The molecular formula is C13H16N4O5S. The predicted molar refractivity (Wildman–Crippen MR) is 82.1 cm³/mol. The van der Waals surface area contributed by atoms with Gasteiger partial charge >= 0.3 is 0 Å². The van der Waals surface area contributed by atoms with E-state index >= 15 is 0 Å². The number of hydrogen-bond acceptors (Lipinski definition) is 8. The average molecular weight is 340 g/mol. The molecule has 0 unspecified atom stereocenters. The van der Waals surface area contributed by atoms with Crippen molar-refractivity contribution in [2.24, 2.45) is 0 Å². The SMILES string of the molecule is C=CCSc1nc2c(=O)[nH]cnc2n1[C@@H]1O[C@@H](CO)[C@@H](O)[C@@H]1O. The fourth-order valence-electron chi connectivity index (χ4n) is 2.46. The zero-order valence-corrected chi connectivity index (χ0v) is 12.8. The minimum absolute atomic E-state index is 0.108. The molecule has 10 heteroatoms. The van der Waals surface area contributed by atoms with Gasteiger partial charge in [-0.15, -0.1) is 6.58 Å². The van der Waals surface area contributed by atoms with Gasteiger partial charge in [-0.1, -0.05) is 17.8 Å². The molecule has 0 bridgehead atoms. The van der Waals surface area contributed by atoms with Gasteiger partial charge in [-0.2, -0.15) is 0 Å². The van der Waals surface area contributed by atoms with Crippen LogP contribution in [-0.4, -0.2) is 65.5 Å². The minimum Gasteiger partial charge on any atom is -0.394 e. The predicted octanol–water partition coefficient (Wildman–Crippen LogP) is -0.991. The van der Waals surface area contributed by atoms with E-state index in [-0.39, 0.29) is 11.2 Å². The molecule has 0 aromatic carbocycles. The fourth-order valence-corrected chi connectivity index (χ4v) is 3.21. The molecule has 3 heterocycles. The summed E-state index contributed by atoms with van der Waals surface area (Å²) in [5.74, 6) is 0.524. The standard InChI is InChI=1S/C13H16N4O5S/c1-2-3-23-13-16-7-10(14-5-15-11(7)21)17(13)12-9(20)8(19)6(4-18)22-12/h2,5-6,8-9,12,18-20H,1,3-4H2,(H,14,15,21)/t6-,8+,9-,12+/m0/s1. The van der Waals surface area contributed by atoms with Gasteiger partial charge in [0, 0.05) is 5.75 Å². The van der Waals surface area contributed by atoms with Gasteiger partial charge in [0.05, 0.1) is 12.9 Å². The molecule has 4 N–H and O–H groups in total. The number of rotatable bonds is 5. The number of thioether (sulfide) groups is 1. The molecule has 1 aliphatic heterocycles. The van der Waals surface area contributed by atoms with Crippen LogP contribution in [0.1, 0.15) is 6.23 Å². The Balaban J connectivity index is 2.13. The molecular weight excluding hydrogens is 324 g/mol. The fraction of sp³-hybridized carbons (Fsp3) is 0.462. The first-order valence-electron chi connectivity index (χ1n) is 6.90. The van der Waals surface area contributed by atoms with Gasteiger partial charge in [0.15, 0.2) is 22.5 Å². The summed E-state index contributed by atoms with van der Waals surface area (Å²) in [7, 11) is 0. The van der Waals surface area contributed by atoms with E-state index in [1.54, 1.807) is 6.08 Å². The summed E-state index contributed by atoms with van der Waals surface area (Å²) < 4.78 is 6.99. The Kier molecular flexibility index (Phi) is 4.50. The third kappa shape index (κ3) is 2.68. The topological polar surface area (TPSA) is 133 Å². The van der Waals surface area contributed by atoms with Crippen molar-refractivity contribution in [1.82, 2.24) is 19.5 Å². The van der Waals surface area contributed by atoms with Crippen LogP contribution >= 0.6 is 11.8 Å². The number of fused-ring (bicyclic) bond motifs is 1. The zero-order valence-electron chi connectivity index (χ0n) is 12.0. The number of H-pyrrole nitrogens is 1. The highest BCUT2D eigenvalue weighted by Crippen LogP contribution is 2.34. The van der Waals surface area contributed by atoms with E-state index in [1.807, 2.05) is 0 Å². The smallest absolute Gasteiger partial charge is 0.278 e. The molecule has 0 aliphatic carbocycles. The van der Waals surface area contributed by atoms with Crippen molar-refractivity contribution >= 4 is 22.9 Å². The first-order chi connectivity index (χ1) is 11.1. The second-order valence-electron chi connectivity index (χ2n) is 5.00. The van der Waals surface area contributed by atoms with Crippen LogP contribution in [0.2, 0.25) is 0 Å². The van der Waals surface area contributed by atoms with Gasteiger partial charge in [0.2, 0.25) is 0 Å². The Morgan fingerprint density at radius 2 is 2.26 bits per heavy atom. The van der Waals surface area contributed by atoms with E-state index in [4.69, 9.17) is 4.74 Å². The third-order valence-electron chi connectivity index (χ3n) is 3.55. The maximum absolute atomic E-state index is 11.9. The Labute approximate surface area is 134 Å². The van der Waals surface area contributed by atoms with Crippen LogP contribution in [0.3, 0.4) is 0 Å². The van der Waals surface area contributed by atoms with Crippen LogP contribution in [0, 0.1) is 0 Å². The number of aliphatic hydroxyl groups is 3. The summed E-state index contributed by atoms with van der Waals surface area (Å²) in [4.78, 5) is 22.7. The number of hydrogen-bond donors (Lipinski definition) is 4. The molecule has 0 radical (unpaired) electrons. The number of imidazole rings is 1. The maximum atomic E-state index is 11.9. The molecule has 1 saturated heterocycles. The van der Waals surface area contributed by atoms with Crippen LogP contribution in [0.4, 0.5) is 0 Å². The number of aliphatic hydroxyl groups excluding tert-OH is 3. The van der Waals surface area contributed by atoms with Crippen molar-refractivity contribution in [2.45, 2.75) is 29.7 Å². The van der Waals surface area contributed by atoms with Gasteiger partial charge < -0.3 is 25.0 Å². The number of nitrogens with one attached hydrogen (secondary N) is 1. The lowest BCUT2D eigenvalue weighted by molar-refractivity contribution is -0.0548. The molecule has 124 valence electrons. The molecule has 4 atom stereocenters. The largest absolute Gasteiger partial charge is 0.394 e. The lowest BCUT2D eigenvalue weighted by Gasteiger charge is -2.18. The molecule has 1 aliphatic rings. The normalized spacial score (nSPS) is 27.6. The zero-order chi connectivity index (χ0) is 16.6. The molecule has 0 amide bonds. The highest BCUT2D eigenvalue weighted by Gasteiger charge is 2.45. The summed E-state index contributed by atoms with van der Waals surface area (Å²) in [5.41, 5.74) is -0.0760. The van der Waals surface area contributed by atoms with E-state index in [0.29, 0.717) is 10.9 Å². The summed E-state index contributed by atoms with van der Waals surface area (Å²) in [6, 6.07) is 0. The lowest BCUT2D eigenvalue weighted by Crippen LogP contribution is -2.33. The van der Waals surface area contributed by atoms with E-state index in [9.17, 15) is 20.1 Å². The van der Waals surface area contributed by atoms with Crippen molar-refractivity contribution in [3.8, 4) is 0 Å². The Morgan fingerprint density at radius 3 is 2.91 bits per heavy atom. The van der Waals surface area contributed by atoms with Crippen molar-refractivity contribution < 1.29 is 20.1 Å². The van der Waals surface area contributed by atoms with Crippen molar-refractivity contribution in [3.63, 3.8) is 0 Å². The van der Waals surface area contributed by atoms with E-state index < -0.39 is 36.7 Å². The molecule has 23 heavy (non-hydrogen) atoms. The van der Waals surface area contributed by atoms with Gasteiger partial charge in [-0.05, 0) is 0 Å². The molecule has 2 aromatic rings. The molecule has 0 spiro atoms. The molecule has 2 aromatic heterocycles. The van der Waals surface area contributed by atoms with Crippen LogP contribution in [0.25, 0.3) is 11.2 Å². The number of aromatic amines is 1. The Bertz CT molecular complexity index is 775. The summed E-state index contributed by atoms with van der Waals surface area (Å²) in [6.07, 6.45) is -1.56. The molecule has 9 nitrogen and oxygen atoms in total. The quantitative estimate of drug-likeness (QED) is 0.403. The first-order valence-corrected chi connectivity index (χ1v) is 7.88. The summed E-state index contributed by atoms with van der Waals surface area (Å²) in [5, 5.41) is 29.8. The van der Waals surface area contributed by atoms with Gasteiger partial charge in [0.25, 0.3) is 5.56 Å². The highest BCUT2D eigenvalue weighted by molar-refractivity contribution is 7.99. The highest BCUT2D eigenvalue weighted by atomic mass is 32.2. The molecule has 0 saturated carbocycles. The Hall–Kier alpha value is -1.72. The van der Waals surface area contributed by atoms with Gasteiger partial charge in [-0.25, -0.2) is 9.97 Å². The van der Waals surface area contributed by atoms with Crippen LogP contribution in [0.5, 0.6) is 0 Å². The van der Waals surface area contributed by atoms with Crippen LogP contribution in [0.15, 0.2) is 28.9 Å². The lowest BCUT2D eigenvalue weighted by atomic mass is 10.1. The van der Waals surface area contributed by atoms with Gasteiger partial charge in [0.1, 0.15) is 18.3 Å². The molecule has 1 fully saturated rings. The average Bonchev–Trinajstić information content (AvgIpc) is 3.05. The van der Waals surface area contributed by atoms with Crippen LogP contribution in [-0.2, 0) is 4.74 Å². The van der Waals surface area contributed by atoms with Crippen LogP contribution < -0.4 is 5.56 Å². The summed E-state index contributed by atoms with van der Waals surface area (Å²) >= 11 is 1.29. The molecule has 3 rings (SSSR count).